The number of amides is 2. The van der Waals surface area contributed by atoms with E-state index in [2.05, 4.69) is 21.2 Å². The van der Waals surface area contributed by atoms with Gasteiger partial charge in [-0.05, 0) is 63.8 Å². The molecule has 1 unspecified atom stereocenters. The maximum atomic E-state index is 13.3. The fourth-order valence-corrected chi connectivity index (χ4v) is 4.67. The molecule has 2 amide bonds. The number of rotatable bonds is 9. The van der Waals surface area contributed by atoms with Crippen molar-refractivity contribution in [1.82, 2.24) is 10.2 Å². The zero-order valence-corrected chi connectivity index (χ0v) is 21.5. The van der Waals surface area contributed by atoms with Crippen LogP contribution in [-0.4, -0.2) is 35.9 Å². The predicted octanol–water partition coefficient (Wildman–Crippen LogP) is 6.23. The maximum Gasteiger partial charge on any atom is 0.261 e. The first-order valence-corrected chi connectivity index (χ1v) is 12.2. The highest BCUT2D eigenvalue weighted by Gasteiger charge is 2.29. The number of carbonyl (C=O) groups excluding carboxylic acids is 2. The molecule has 0 bridgehead atoms. The minimum absolute atomic E-state index is 0.159. The van der Waals surface area contributed by atoms with Gasteiger partial charge >= 0.3 is 0 Å². The van der Waals surface area contributed by atoms with E-state index in [9.17, 15) is 9.59 Å². The highest BCUT2D eigenvalue weighted by Crippen LogP contribution is 2.33. The Kier molecular flexibility index (Phi) is 9.01. The van der Waals surface area contributed by atoms with Gasteiger partial charge in [0.25, 0.3) is 5.91 Å². The molecule has 8 heteroatoms. The van der Waals surface area contributed by atoms with E-state index in [0.29, 0.717) is 34.3 Å². The highest BCUT2D eigenvalue weighted by molar-refractivity contribution is 9.10. The fourth-order valence-electron chi connectivity index (χ4n) is 3.59. The predicted molar refractivity (Wildman–Crippen MR) is 137 cm³/mol. The molecule has 1 N–H and O–H groups in total. The molecule has 0 aliphatic rings. The van der Waals surface area contributed by atoms with Gasteiger partial charge in [0.2, 0.25) is 5.91 Å². The van der Waals surface area contributed by atoms with Gasteiger partial charge in [0.05, 0.1) is 4.47 Å². The van der Waals surface area contributed by atoms with E-state index in [-0.39, 0.29) is 25.0 Å². The summed E-state index contributed by atoms with van der Waals surface area (Å²) in [6, 6.07) is 16.1. The van der Waals surface area contributed by atoms with E-state index >= 15 is 0 Å². The fraction of sp³-hybridized carbons (Fsp3) is 0.280. The van der Waals surface area contributed by atoms with Gasteiger partial charge in [0.1, 0.15) is 11.8 Å². The number of hydrogen-bond donors (Lipinski definition) is 1. The van der Waals surface area contributed by atoms with Crippen molar-refractivity contribution in [3.8, 4) is 5.75 Å². The standard InChI is InChI=1S/C25H25BrCl2N2O3/c1-3-21(25(32)29-4-2)30(14-17-9-11-18(27)13-20(17)28)23(31)15-33-22-12-10-16-7-5-6-8-19(16)24(22)26/h5-13,21H,3-4,14-15H2,1-2H3,(H,29,32). The van der Waals surface area contributed by atoms with Gasteiger partial charge in [0.15, 0.2) is 6.61 Å². The Balaban J connectivity index is 1.85. The Morgan fingerprint density at radius 3 is 2.55 bits per heavy atom. The first-order valence-electron chi connectivity index (χ1n) is 10.7. The molecule has 0 fully saturated rings. The summed E-state index contributed by atoms with van der Waals surface area (Å²) in [6.07, 6.45) is 0.447. The number of fused-ring (bicyclic) bond motifs is 1. The average molecular weight is 552 g/mol. The van der Waals surface area contributed by atoms with Crippen LogP contribution in [-0.2, 0) is 16.1 Å². The Morgan fingerprint density at radius 1 is 1.09 bits per heavy atom. The van der Waals surface area contributed by atoms with Crippen LogP contribution in [0.4, 0.5) is 0 Å². The Bertz CT molecular complexity index is 1160. The van der Waals surface area contributed by atoms with Gasteiger partial charge in [-0.25, -0.2) is 0 Å². The Labute approximate surface area is 212 Å². The van der Waals surface area contributed by atoms with Crippen LogP contribution in [0.1, 0.15) is 25.8 Å². The monoisotopic (exact) mass is 550 g/mol. The zero-order chi connectivity index (χ0) is 24.0. The van der Waals surface area contributed by atoms with Crippen LogP contribution in [0.15, 0.2) is 59.1 Å². The van der Waals surface area contributed by atoms with Crippen molar-refractivity contribution < 1.29 is 14.3 Å². The van der Waals surface area contributed by atoms with Gasteiger partial charge in [-0.3, -0.25) is 9.59 Å². The molecule has 3 aromatic carbocycles. The second-order valence-electron chi connectivity index (χ2n) is 7.46. The van der Waals surface area contributed by atoms with Crippen LogP contribution in [0, 0.1) is 0 Å². The Morgan fingerprint density at radius 2 is 1.85 bits per heavy atom. The highest BCUT2D eigenvalue weighted by atomic mass is 79.9. The molecule has 0 spiro atoms. The number of halogens is 3. The molecule has 3 rings (SSSR count). The number of hydrogen-bond acceptors (Lipinski definition) is 3. The molecular formula is C25H25BrCl2N2O3. The van der Waals surface area contributed by atoms with E-state index in [4.69, 9.17) is 27.9 Å². The van der Waals surface area contributed by atoms with Crippen LogP contribution in [0.2, 0.25) is 10.0 Å². The first kappa shape index (κ1) is 25.3. The van der Waals surface area contributed by atoms with E-state index < -0.39 is 6.04 Å². The second kappa shape index (κ2) is 11.7. The van der Waals surface area contributed by atoms with Crippen LogP contribution in [0.5, 0.6) is 5.75 Å². The molecule has 1 atom stereocenters. The van der Waals surface area contributed by atoms with Crippen molar-refractivity contribution in [2.75, 3.05) is 13.2 Å². The lowest BCUT2D eigenvalue weighted by Gasteiger charge is -2.30. The normalized spacial score (nSPS) is 11.8. The molecule has 0 saturated carbocycles. The number of nitrogens with one attached hydrogen (secondary N) is 1. The SMILES string of the molecule is CCNC(=O)C(CC)N(Cc1ccc(Cl)cc1Cl)C(=O)COc1ccc2ccccc2c1Br. The summed E-state index contributed by atoms with van der Waals surface area (Å²) in [5, 5.41) is 5.79. The molecule has 3 aromatic rings. The molecule has 0 aromatic heterocycles. The molecule has 33 heavy (non-hydrogen) atoms. The third kappa shape index (κ3) is 6.19. The number of carbonyl (C=O) groups is 2. The van der Waals surface area contributed by atoms with Gasteiger partial charge in [-0.1, -0.05) is 66.5 Å². The van der Waals surface area contributed by atoms with Gasteiger partial charge < -0.3 is 15.0 Å². The molecule has 0 heterocycles. The molecule has 5 nitrogen and oxygen atoms in total. The third-order valence-electron chi connectivity index (χ3n) is 5.27. The third-order valence-corrected chi connectivity index (χ3v) is 6.68. The summed E-state index contributed by atoms with van der Waals surface area (Å²) in [5.74, 6) is 0.0158. The average Bonchev–Trinajstić information content (AvgIpc) is 2.80. The van der Waals surface area contributed by atoms with Gasteiger partial charge in [0, 0.05) is 23.1 Å². The lowest BCUT2D eigenvalue weighted by molar-refractivity contribution is -0.142. The van der Waals surface area contributed by atoms with Crippen molar-refractivity contribution in [1.29, 1.82) is 0 Å². The molecule has 0 aliphatic heterocycles. The molecular weight excluding hydrogens is 527 g/mol. The molecule has 0 aliphatic carbocycles. The lowest BCUT2D eigenvalue weighted by Crippen LogP contribution is -2.50. The van der Waals surface area contributed by atoms with Crippen molar-refractivity contribution in [2.24, 2.45) is 0 Å². The molecule has 0 saturated heterocycles. The van der Waals surface area contributed by atoms with Gasteiger partial charge in [-0.15, -0.1) is 0 Å². The zero-order valence-electron chi connectivity index (χ0n) is 18.4. The lowest BCUT2D eigenvalue weighted by atomic mass is 10.1. The summed E-state index contributed by atoms with van der Waals surface area (Å²) in [4.78, 5) is 27.5. The summed E-state index contributed by atoms with van der Waals surface area (Å²) in [5.41, 5.74) is 0.698. The minimum atomic E-state index is -0.659. The summed E-state index contributed by atoms with van der Waals surface area (Å²) in [6.45, 7) is 4.11. The Hall–Kier alpha value is -2.28. The number of likely N-dealkylation sites (N-methyl/N-ethyl adjacent to an activating group) is 1. The van der Waals surface area contributed by atoms with Crippen molar-refractivity contribution in [3.63, 3.8) is 0 Å². The van der Waals surface area contributed by atoms with E-state index in [1.165, 1.54) is 4.90 Å². The molecule has 0 radical (unpaired) electrons. The second-order valence-corrected chi connectivity index (χ2v) is 9.10. The van der Waals surface area contributed by atoms with Crippen LogP contribution >= 0.6 is 39.1 Å². The number of ether oxygens (including phenoxy) is 1. The summed E-state index contributed by atoms with van der Waals surface area (Å²) in [7, 11) is 0. The van der Waals surface area contributed by atoms with Crippen molar-refractivity contribution >= 4 is 61.7 Å². The number of benzene rings is 3. The quantitative estimate of drug-likeness (QED) is 0.343. The van der Waals surface area contributed by atoms with E-state index in [0.717, 1.165) is 15.2 Å². The van der Waals surface area contributed by atoms with Gasteiger partial charge in [-0.2, -0.15) is 0 Å². The van der Waals surface area contributed by atoms with Crippen LogP contribution in [0.25, 0.3) is 10.8 Å². The summed E-state index contributed by atoms with van der Waals surface area (Å²) < 4.78 is 6.66. The largest absolute Gasteiger partial charge is 0.483 e. The van der Waals surface area contributed by atoms with E-state index in [1.807, 2.05) is 50.2 Å². The minimum Gasteiger partial charge on any atom is -0.483 e. The van der Waals surface area contributed by atoms with Crippen molar-refractivity contribution in [2.45, 2.75) is 32.9 Å². The van der Waals surface area contributed by atoms with Crippen LogP contribution < -0.4 is 10.1 Å². The smallest absolute Gasteiger partial charge is 0.261 e. The summed E-state index contributed by atoms with van der Waals surface area (Å²) >= 11 is 16.0. The topological polar surface area (TPSA) is 58.6 Å². The first-order chi connectivity index (χ1) is 15.8. The number of nitrogens with zero attached hydrogens (tertiary/aromatic N) is 1. The van der Waals surface area contributed by atoms with E-state index in [1.54, 1.807) is 18.2 Å². The molecule has 174 valence electrons. The van der Waals surface area contributed by atoms with Crippen molar-refractivity contribution in [3.05, 3.63) is 74.7 Å². The maximum absolute atomic E-state index is 13.3. The van der Waals surface area contributed by atoms with Crippen LogP contribution in [0.3, 0.4) is 0 Å².